The van der Waals surface area contributed by atoms with Crippen LogP contribution in [0.1, 0.15) is 0 Å². The van der Waals surface area contributed by atoms with E-state index in [0.717, 1.165) is 28.0 Å². The molecule has 0 fully saturated rings. The summed E-state index contributed by atoms with van der Waals surface area (Å²) in [7, 11) is 3.22. The average Bonchev–Trinajstić information content (AvgIpc) is 3.28. The Kier molecular flexibility index (Phi) is 4.22. The molecule has 2 aromatic carbocycles. The summed E-state index contributed by atoms with van der Waals surface area (Å²) in [4.78, 5) is 7.76. The zero-order chi connectivity index (χ0) is 18.3. The summed E-state index contributed by atoms with van der Waals surface area (Å²) in [5.41, 5.74) is 3.88. The van der Waals surface area contributed by atoms with E-state index < -0.39 is 0 Å². The van der Waals surface area contributed by atoms with Crippen molar-refractivity contribution in [2.45, 2.75) is 0 Å². The molecule has 0 unspecified atom stereocenters. The number of hydrogen-bond acceptors (Lipinski definition) is 4. The third kappa shape index (κ3) is 2.98. The van der Waals surface area contributed by atoms with Gasteiger partial charge in [-0.25, -0.2) is 4.98 Å². The fourth-order valence-electron chi connectivity index (χ4n) is 2.68. The molecule has 2 aromatic heterocycles. The first-order valence-electron chi connectivity index (χ1n) is 7.71. The predicted molar refractivity (Wildman–Crippen MR) is 102 cm³/mol. The zero-order valence-electron chi connectivity index (χ0n) is 13.9. The van der Waals surface area contributed by atoms with Gasteiger partial charge in [0.1, 0.15) is 17.2 Å². The molecule has 26 heavy (non-hydrogen) atoms. The molecule has 0 atom stereocenters. The van der Waals surface area contributed by atoms with Gasteiger partial charge in [0, 0.05) is 11.6 Å². The van der Waals surface area contributed by atoms with Crippen LogP contribution in [0.3, 0.4) is 0 Å². The molecule has 4 rings (SSSR count). The fraction of sp³-hybridized carbons (Fsp3) is 0.111. The van der Waals surface area contributed by atoms with Crippen LogP contribution in [0, 0.1) is 0 Å². The van der Waals surface area contributed by atoms with Crippen LogP contribution in [0.25, 0.3) is 33.8 Å². The molecule has 0 radical (unpaired) electrons. The van der Waals surface area contributed by atoms with Gasteiger partial charge >= 0.3 is 0 Å². The first-order chi connectivity index (χ1) is 12.6. The van der Waals surface area contributed by atoms with Gasteiger partial charge < -0.3 is 14.5 Å². The molecular formula is C18H14Cl2N4O2. The topological polar surface area (TPSA) is 75.8 Å². The zero-order valence-corrected chi connectivity index (χ0v) is 15.4. The number of benzene rings is 2. The number of rotatable bonds is 4. The maximum atomic E-state index is 6.06. The lowest BCUT2D eigenvalue weighted by atomic mass is 10.1. The number of H-pyrrole nitrogens is 2. The standard InChI is InChI=1S/C18H14Cl2N4O2/c1-25-10-3-9(4-11(5-10)26-2)14-8-17(24-23-14)18-21-15-6-12(19)13(20)7-16(15)22-18/h3-8H,1-2H3,(H,21,22)(H,23,24). The van der Waals surface area contributed by atoms with E-state index in [9.17, 15) is 0 Å². The number of fused-ring (bicyclic) bond motifs is 1. The minimum Gasteiger partial charge on any atom is -0.497 e. The van der Waals surface area contributed by atoms with E-state index in [-0.39, 0.29) is 0 Å². The van der Waals surface area contributed by atoms with Gasteiger partial charge in [0.05, 0.1) is 41.0 Å². The lowest BCUT2D eigenvalue weighted by Crippen LogP contribution is -1.88. The highest BCUT2D eigenvalue weighted by Gasteiger charge is 2.13. The maximum absolute atomic E-state index is 6.06. The van der Waals surface area contributed by atoms with Gasteiger partial charge in [0.15, 0.2) is 5.82 Å². The second kappa shape index (κ2) is 6.55. The third-order valence-corrected chi connectivity index (χ3v) is 4.73. The maximum Gasteiger partial charge on any atom is 0.156 e. The molecule has 6 nitrogen and oxygen atoms in total. The number of imidazole rings is 1. The van der Waals surface area contributed by atoms with E-state index in [2.05, 4.69) is 20.2 Å². The average molecular weight is 389 g/mol. The highest BCUT2D eigenvalue weighted by Crippen LogP contribution is 2.32. The predicted octanol–water partition coefficient (Wildman–Crippen LogP) is 4.94. The molecule has 0 bridgehead atoms. The Balaban J connectivity index is 1.74. The molecule has 0 spiro atoms. The van der Waals surface area contributed by atoms with E-state index in [0.29, 0.717) is 27.4 Å². The molecule has 0 aliphatic rings. The van der Waals surface area contributed by atoms with Crippen LogP contribution in [0.5, 0.6) is 11.5 Å². The molecule has 0 amide bonds. The molecule has 2 N–H and O–H groups in total. The summed E-state index contributed by atoms with van der Waals surface area (Å²) in [5, 5.41) is 8.30. The number of ether oxygens (including phenoxy) is 2. The number of aromatic amines is 2. The molecule has 2 heterocycles. The van der Waals surface area contributed by atoms with E-state index in [1.807, 2.05) is 24.3 Å². The molecule has 0 saturated heterocycles. The molecule has 0 aliphatic heterocycles. The number of nitrogens with one attached hydrogen (secondary N) is 2. The van der Waals surface area contributed by atoms with E-state index >= 15 is 0 Å². The van der Waals surface area contributed by atoms with E-state index in [4.69, 9.17) is 32.7 Å². The molecule has 8 heteroatoms. The summed E-state index contributed by atoms with van der Waals surface area (Å²) >= 11 is 12.1. The minimum absolute atomic E-state index is 0.464. The van der Waals surface area contributed by atoms with Crippen LogP contribution < -0.4 is 9.47 Å². The molecule has 0 aliphatic carbocycles. The quantitative estimate of drug-likeness (QED) is 0.518. The Bertz CT molecular complexity index is 1040. The monoisotopic (exact) mass is 388 g/mol. The van der Waals surface area contributed by atoms with Crippen LogP contribution in [0.15, 0.2) is 36.4 Å². The summed E-state index contributed by atoms with van der Waals surface area (Å²) in [6, 6.07) is 11.0. The molecule has 132 valence electrons. The largest absolute Gasteiger partial charge is 0.497 e. The second-order valence-electron chi connectivity index (χ2n) is 5.64. The molecular weight excluding hydrogens is 375 g/mol. The van der Waals surface area contributed by atoms with Crippen LogP contribution in [-0.4, -0.2) is 34.4 Å². The minimum atomic E-state index is 0.464. The van der Waals surface area contributed by atoms with Crippen LogP contribution >= 0.6 is 23.2 Å². The van der Waals surface area contributed by atoms with Crippen molar-refractivity contribution >= 4 is 34.2 Å². The Hall–Kier alpha value is -2.70. The summed E-state index contributed by atoms with van der Waals surface area (Å²) in [6.45, 7) is 0. The number of nitrogens with zero attached hydrogens (tertiary/aromatic N) is 2. The first-order valence-corrected chi connectivity index (χ1v) is 8.47. The smallest absolute Gasteiger partial charge is 0.156 e. The highest BCUT2D eigenvalue weighted by atomic mass is 35.5. The first kappa shape index (κ1) is 16.8. The Morgan fingerprint density at radius 2 is 1.58 bits per heavy atom. The Labute approximate surface area is 159 Å². The lowest BCUT2D eigenvalue weighted by molar-refractivity contribution is 0.394. The lowest BCUT2D eigenvalue weighted by Gasteiger charge is -2.06. The van der Waals surface area contributed by atoms with Gasteiger partial charge in [-0.15, -0.1) is 0 Å². The summed E-state index contributed by atoms with van der Waals surface area (Å²) < 4.78 is 10.6. The van der Waals surface area contributed by atoms with Crippen molar-refractivity contribution in [2.75, 3.05) is 14.2 Å². The van der Waals surface area contributed by atoms with Crippen LogP contribution in [-0.2, 0) is 0 Å². The van der Waals surface area contributed by atoms with Gasteiger partial charge in [-0.2, -0.15) is 5.10 Å². The molecule has 0 saturated carbocycles. The van der Waals surface area contributed by atoms with Crippen molar-refractivity contribution in [3.63, 3.8) is 0 Å². The highest BCUT2D eigenvalue weighted by molar-refractivity contribution is 6.42. The SMILES string of the molecule is COc1cc(OC)cc(-c2cc(-c3nc4cc(Cl)c(Cl)cc4[nH]3)[nH]n2)c1. The van der Waals surface area contributed by atoms with Crippen molar-refractivity contribution < 1.29 is 9.47 Å². The van der Waals surface area contributed by atoms with E-state index in [1.165, 1.54) is 0 Å². The van der Waals surface area contributed by atoms with Crippen molar-refractivity contribution in [1.29, 1.82) is 0 Å². The number of aromatic nitrogens is 4. The van der Waals surface area contributed by atoms with Gasteiger partial charge in [-0.3, -0.25) is 5.10 Å². The van der Waals surface area contributed by atoms with Crippen LogP contribution in [0.2, 0.25) is 10.0 Å². The second-order valence-corrected chi connectivity index (χ2v) is 6.45. The number of methoxy groups -OCH3 is 2. The third-order valence-electron chi connectivity index (χ3n) is 4.00. The Morgan fingerprint density at radius 3 is 2.27 bits per heavy atom. The van der Waals surface area contributed by atoms with Gasteiger partial charge in [0.2, 0.25) is 0 Å². The fourth-order valence-corrected chi connectivity index (χ4v) is 3.00. The van der Waals surface area contributed by atoms with E-state index in [1.54, 1.807) is 26.4 Å². The van der Waals surface area contributed by atoms with Crippen molar-refractivity contribution in [3.8, 4) is 34.3 Å². The Morgan fingerprint density at radius 1 is 0.885 bits per heavy atom. The molecule has 4 aromatic rings. The van der Waals surface area contributed by atoms with Crippen LogP contribution in [0.4, 0.5) is 0 Å². The summed E-state index contributed by atoms with van der Waals surface area (Å²) in [6.07, 6.45) is 0. The normalized spacial score (nSPS) is 11.1. The summed E-state index contributed by atoms with van der Waals surface area (Å²) in [5.74, 6) is 2.03. The van der Waals surface area contributed by atoms with Gasteiger partial charge in [0.25, 0.3) is 0 Å². The van der Waals surface area contributed by atoms with Crippen molar-refractivity contribution in [3.05, 3.63) is 46.4 Å². The van der Waals surface area contributed by atoms with Crippen molar-refractivity contribution in [1.82, 2.24) is 20.2 Å². The number of halogens is 2. The van der Waals surface area contributed by atoms with Gasteiger partial charge in [-0.05, 0) is 30.3 Å². The van der Waals surface area contributed by atoms with Gasteiger partial charge in [-0.1, -0.05) is 23.2 Å². The van der Waals surface area contributed by atoms with Crippen molar-refractivity contribution in [2.24, 2.45) is 0 Å². The number of hydrogen-bond donors (Lipinski definition) is 2.